The highest BCUT2D eigenvalue weighted by Gasteiger charge is 2.18. The van der Waals surface area contributed by atoms with Gasteiger partial charge in [-0.15, -0.1) is 11.8 Å². The van der Waals surface area contributed by atoms with E-state index in [1.165, 1.54) is 10.6 Å². The SMILES string of the molecule is CSc1ccccc1N1CCN(CCCN)CC1. The molecular weight excluding hydrogens is 242 g/mol. The summed E-state index contributed by atoms with van der Waals surface area (Å²) >= 11 is 1.83. The monoisotopic (exact) mass is 265 g/mol. The third-order valence-electron chi connectivity index (χ3n) is 3.48. The highest BCUT2D eigenvalue weighted by Crippen LogP contribution is 2.28. The quantitative estimate of drug-likeness (QED) is 0.824. The topological polar surface area (TPSA) is 32.5 Å². The highest BCUT2D eigenvalue weighted by atomic mass is 32.2. The average molecular weight is 265 g/mol. The molecule has 0 atom stereocenters. The largest absolute Gasteiger partial charge is 0.368 e. The van der Waals surface area contributed by atoms with Gasteiger partial charge in [-0.05, 0) is 37.9 Å². The zero-order chi connectivity index (χ0) is 12.8. The summed E-state index contributed by atoms with van der Waals surface area (Å²) in [5, 5.41) is 0. The van der Waals surface area contributed by atoms with Crippen molar-refractivity contribution < 1.29 is 0 Å². The Morgan fingerprint density at radius 1 is 1.17 bits per heavy atom. The Labute approximate surface area is 114 Å². The maximum atomic E-state index is 5.56. The molecule has 3 nitrogen and oxygen atoms in total. The van der Waals surface area contributed by atoms with Gasteiger partial charge in [-0.25, -0.2) is 0 Å². The second-order valence-electron chi connectivity index (χ2n) is 4.64. The summed E-state index contributed by atoms with van der Waals surface area (Å²) in [4.78, 5) is 6.41. The summed E-state index contributed by atoms with van der Waals surface area (Å²) in [5.74, 6) is 0. The van der Waals surface area contributed by atoms with Gasteiger partial charge in [0, 0.05) is 31.1 Å². The first kappa shape index (κ1) is 13.7. The standard InChI is InChI=1S/C14H23N3S/c1-18-14-6-3-2-5-13(14)17-11-9-16(10-12-17)8-4-7-15/h2-3,5-6H,4,7-12,15H2,1H3. The van der Waals surface area contributed by atoms with E-state index >= 15 is 0 Å². The second kappa shape index (κ2) is 7.02. The molecule has 1 aromatic rings. The van der Waals surface area contributed by atoms with E-state index < -0.39 is 0 Å². The summed E-state index contributed by atoms with van der Waals surface area (Å²) < 4.78 is 0. The van der Waals surface area contributed by atoms with Crippen LogP contribution in [0.3, 0.4) is 0 Å². The van der Waals surface area contributed by atoms with Crippen LogP contribution < -0.4 is 10.6 Å². The zero-order valence-corrected chi connectivity index (χ0v) is 12.0. The zero-order valence-electron chi connectivity index (χ0n) is 11.1. The van der Waals surface area contributed by atoms with Gasteiger partial charge in [-0.1, -0.05) is 12.1 Å². The van der Waals surface area contributed by atoms with E-state index in [1.54, 1.807) is 0 Å². The summed E-state index contributed by atoms with van der Waals surface area (Å²) in [6.07, 6.45) is 3.26. The van der Waals surface area contributed by atoms with Crippen LogP contribution in [0, 0.1) is 0 Å². The lowest BCUT2D eigenvalue weighted by molar-refractivity contribution is 0.256. The predicted octanol–water partition coefficient (Wildman–Crippen LogP) is 1.88. The molecule has 100 valence electrons. The van der Waals surface area contributed by atoms with E-state index in [-0.39, 0.29) is 0 Å². The summed E-state index contributed by atoms with van der Waals surface area (Å²) in [6.45, 7) is 6.51. The number of para-hydroxylation sites is 1. The fourth-order valence-corrected chi connectivity index (χ4v) is 3.04. The van der Waals surface area contributed by atoms with Crippen molar-refractivity contribution in [3.63, 3.8) is 0 Å². The van der Waals surface area contributed by atoms with Crippen molar-refractivity contribution in [3.8, 4) is 0 Å². The summed E-state index contributed by atoms with van der Waals surface area (Å²) in [7, 11) is 0. The predicted molar refractivity (Wildman–Crippen MR) is 80.5 cm³/mol. The van der Waals surface area contributed by atoms with Crippen molar-refractivity contribution in [3.05, 3.63) is 24.3 Å². The molecule has 4 heteroatoms. The van der Waals surface area contributed by atoms with Crippen LogP contribution in [0.1, 0.15) is 6.42 Å². The Bertz CT molecular complexity index is 362. The van der Waals surface area contributed by atoms with Crippen molar-refractivity contribution >= 4 is 17.4 Å². The Morgan fingerprint density at radius 3 is 2.56 bits per heavy atom. The molecule has 0 amide bonds. The molecule has 1 aromatic carbocycles. The first-order chi connectivity index (χ1) is 8.85. The highest BCUT2D eigenvalue weighted by molar-refractivity contribution is 7.98. The van der Waals surface area contributed by atoms with Crippen LogP contribution in [-0.2, 0) is 0 Å². The minimum absolute atomic E-state index is 0.801. The molecule has 0 aromatic heterocycles. The van der Waals surface area contributed by atoms with Crippen LogP contribution in [0.2, 0.25) is 0 Å². The smallest absolute Gasteiger partial charge is 0.0505 e. The second-order valence-corrected chi connectivity index (χ2v) is 5.49. The lowest BCUT2D eigenvalue weighted by Gasteiger charge is -2.36. The first-order valence-electron chi connectivity index (χ1n) is 6.65. The molecule has 1 aliphatic heterocycles. The van der Waals surface area contributed by atoms with Crippen LogP contribution >= 0.6 is 11.8 Å². The van der Waals surface area contributed by atoms with Crippen molar-refractivity contribution in [2.45, 2.75) is 11.3 Å². The molecule has 2 rings (SSSR count). The lowest BCUT2D eigenvalue weighted by Crippen LogP contribution is -2.47. The molecule has 18 heavy (non-hydrogen) atoms. The average Bonchev–Trinajstić information content (AvgIpc) is 2.45. The summed E-state index contributed by atoms with van der Waals surface area (Å²) in [6, 6.07) is 8.70. The molecule has 0 bridgehead atoms. The Hall–Kier alpha value is -0.710. The van der Waals surface area contributed by atoms with Gasteiger partial charge in [0.2, 0.25) is 0 Å². The number of benzene rings is 1. The third-order valence-corrected chi connectivity index (χ3v) is 4.26. The van der Waals surface area contributed by atoms with Crippen LogP contribution in [0.5, 0.6) is 0 Å². The molecule has 1 heterocycles. The van der Waals surface area contributed by atoms with E-state index in [9.17, 15) is 0 Å². The van der Waals surface area contributed by atoms with Gasteiger partial charge in [0.1, 0.15) is 0 Å². The Morgan fingerprint density at radius 2 is 1.89 bits per heavy atom. The fourth-order valence-electron chi connectivity index (χ4n) is 2.42. The minimum Gasteiger partial charge on any atom is -0.368 e. The van der Waals surface area contributed by atoms with Crippen LogP contribution in [0.25, 0.3) is 0 Å². The Kier molecular flexibility index (Phi) is 5.35. The number of hydrogen-bond acceptors (Lipinski definition) is 4. The number of hydrogen-bond donors (Lipinski definition) is 1. The number of rotatable bonds is 5. The first-order valence-corrected chi connectivity index (χ1v) is 7.88. The minimum atomic E-state index is 0.801. The molecule has 1 saturated heterocycles. The van der Waals surface area contributed by atoms with Gasteiger partial charge in [-0.3, -0.25) is 4.90 Å². The molecule has 0 saturated carbocycles. The number of nitrogens with two attached hydrogens (primary N) is 1. The van der Waals surface area contributed by atoms with Crippen LogP contribution in [0.15, 0.2) is 29.2 Å². The van der Waals surface area contributed by atoms with E-state index in [0.29, 0.717) is 0 Å². The van der Waals surface area contributed by atoms with Crippen molar-refractivity contribution in [2.24, 2.45) is 5.73 Å². The molecule has 0 radical (unpaired) electrons. The third kappa shape index (κ3) is 3.40. The molecule has 0 unspecified atom stereocenters. The number of nitrogens with zero attached hydrogens (tertiary/aromatic N) is 2. The van der Waals surface area contributed by atoms with E-state index in [2.05, 4.69) is 40.3 Å². The molecule has 1 fully saturated rings. The van der Waals surface area contributed by atoms with Gasteiger partial charge < -0.3 is 10.6 Å². The Balaban J connectivity index is 1.92. The van der Waals surface area contributed by atoms with Gasteiger partial charge in [0.05, 0.1) is 5.69 Å². The molecule has 2 N–H and O–H groups in total. The van der Waals surface area contributed by atoms with Gasteiger partial charge in [0.25, 0.3) is 0 Å². The lowest BCUT2D eigenvalue weighted by atomic mass is 10.2. The maximum Gasteiger partial charge on any atom is 0.0505 e. The van der Waals surface area contributed by atoms with Crippen LogP contribution in [0.4, 0.5) is 5.69 Å². The normalized spacial score (nSPS) is 17.1. The van der Waals surface area contributed by atoms with Gasteiger partial charge in [0.15, 0.2) is 0 Å². The number of anilines is 1. The number of thioether (sulfide) groups is 1. The maximum absolute atomic E-state index is 5.56. The van der Waals surface area contributed by atoms with Crippen molar-refractivity contribution in [2.75, 3.05) is 50.4 Å². The van der Waals surface area contributed by atoms with Gasteiger partial charge >= 0.3 is 0 Å². The van der Waals surface area contributed by atoms with Gasteiger partial charge in [-0.2, -0.15) is 0 Å². The van der Waals surface area contributed by atoms with E-state index in [4.69, 9.17) is 5.73 Å². The van der Waals surface area contributed by atoms with Crippen LogP contribution in [-0.4, -0.2) is 50.4 Å². The molecule has 0 aliphatic carbocycles. The van der Waals surface area contributed by atoms with Crippen molar-refractivity contribution in [1.82, 2.24) is 4.90 Å². The number of piperazine rings is 1. The molecule has 0 spiro atoms. The summed E-state index contributed by atoms with van der Waals surface area (Å²) in [5.41, 5.74) is 6.95. The van der Waals surface area contributed by atoms with Crippen molar-refractivity contribution in [1.29, 1.82) is 0 Å². The van der Waals surface area contributed by atoms with E-state index in [0.717, 1.165) is 45.7 Å². The fraction of sp³-hybridized carbons (Fsp3) is 0.571. The van der Waals surface area contributed by atoms with E-state index in [1.807, 2.05) is 11.8 Å². The molecule has 1 aliphatic rings. The molecular formula is C14H23N3S.